The summed E-state index contributed by atoms with van der Waals surface area (Å²) in [6.07, 6.45) is 3.85. The summed E-state index contributed by atoms with van der Waals surface area (Å²) >= 11 is 0. The first kappa shape index (κ1) is 16.2. The van der Waals surface area contributed by atoms with Crippen molar-refractivity contribution < 1.29 is 19.1 Å². The molecule has 0 spiro atoms. The van der Waals surface area contributed by atoms with Gasteiger partial charge in [-0.1, -0.05) is 0 Å². The third kappa shape index (κ3) is 3.79. The quantitative estimate of drug-likeness (QED) is 0.758. The summed E-state index contributed by atoms with van der Waals surface area (Å²) in [6.45, 7) is 0.329. The molecule has 1 aliphatic carbocycles. The zero-order valence-electron chi connectivity index (χ0n) is 13.0. The smallest absolute Gasteiger partial charge is 0.316 e. The highest BCUT2D eigenvalue weighted by Gasteiger charge is 2.41. The molecule has 0 radical (unpaired) electrons. The van der Waals surface area contributed by atoms with Crippen molar-refractivity contribution in [1.29, 1.82) is 0 Å². The van der Waals surface area contributed by atoms with Crippen molar-refractivity contribution >= 4 is 11.9 Å². The highest BCUT2D eigenvalue weighted by Crippen LogP contribution is 2.37. The van der Waals surface area contributed by atoms with Crippen molar-refractivity contribution in [3.63, 3.8) is 0 Å². The number of aromatic nitrogens is 2. The van der Waals surface area contributed by atoms with Gasteiger partial charge in [0, 0.05) is 19.2 Å². The van der Waals surface area contributed by atoms with E-state index >= 15 is 0 Å². The van der Waals surface area contributed by atoms with Crippen molar-refractivity contribution in [2.75, 3.05) is 6.54 Å². The summed E-state index contributed by atoms with van der Waals surface area (Å²) < 4.78 is 14.5. The van der Waals surface area contributed by atoms with Crippen molar-refractivity contribution in [3.8, 4) is 5.69 Å². The normalized spacial score (nSPS) is 15.0. The Morgan fingerprint density at radius 3 is 2.62 bits per heavy atom. The fourth-order valence-corrected chi connectivity index (χ4v) is 2.61. The van der Waals surface area contributed by atoms with E-state index in [0.717, 1.165) is 24.2 Å². The summed E-state index contributed by atoms with van der Waals surface area (Å²) in [7, 11) is 0. The van der Waals surface area contributed by atoms with Gasteiger partial charge in [-0.25, -0.2) is 9.07 Å². The highest BCUT2D eigenvalue weighted by molar-refractivity contribution is 5.97. The molecule has 1 unspecified atom stereocenters. The Kier molecular flexibility index (Phi) is 4.59. The number of carbonyl (C=O) groups excluding carboxylic acids is 1. The van der Waals surface area contributed by atoms with Crippen LogP contribution in [0.1, 0.15) is 18.5 Å². The largest absolute Gasteiger partial charge is 0.481 e. The molecule has 1 saturated carbocycles. The zero-order chi connectivity index (χ0) is 17.1. The number of carbonyl (C=O) groups is 2. The van der Waals surface area contributed by atoms with Crippen LogP contribution < -0.4 is 5.32 Å². The molecule has 1 aromatic heterocycles. The van der Waals surface area contributed by atoms with Gasteiger partial charge in [-0.3, -0.25) is 9.59 Å². The number of halogens is 1. The van der Waals surface area contributed by atoms with Crippen LogP contribution in [0.4, 0.5) is 4.39 Å². The summed E-state index contributed by atoms with van der Waals surface area (Å²) in [5.41, 5.74) is 1.50. The van der Waals surface area contributed by atoms with Crippen LogP contribution in [-0.4, -0.2) is 33.3 Å². The second kappa shape index (κ2) is 6.82. The van der Waals surface area contributed by atoms with Crippen LogP contribution in [-0.2, 0) is 16.0 Å². The fraction of sp³-hybridized carbons (Fsp3) is 0.353. The average molecular weight is 331 g/mol. The predicted octanol–water partition coefficient (Wildman–Crippen LogP) is 1.78. The zero-order valence-corrected chi connectivity index (χ0v) is 13.0. The summed E-state index contributed by atoms with van der Waals surface area (Å²) in [6, 6.07) is 7.79. The number of nitrogens with zero attached hydrogens (tertiary/aromatic N) is 2. The lowest BCUT2D eigenvalue weighted by Crippen LogP contribution is -2.37. The summed E-state index contributed by atoms with van der Waals surface area (Å²) in [5, 5.41) is 16.1. The van der Waals surface area contributed by atoms with Crippen LogP contribution in [0.3, 0.4) is 0 Å². The fourth-order valence-electron chi connectivity index (χ4n) is 2.61. The Hall–Kier alpha value is -2.70. The minimum atomic E-state index is -1.06. The second-order valence-corrected chi connectivity index (χ2v) is 5.92. The maximum atomic E-state index is 12.9. The van der Waals surface area contributed by atoms with Crippen molar-refractivity contribution in [2.45, 2.75) is 19.3 Å². The van der Waals surface area contributed by atoms with Crippen LogP contribution in [0, 0.1) is 17.7 Å². The van der Waals surface area contributed by atoms with Crippen molar-refractivity contribution in [3.05, 3.63) is 48.0 Å². The molecule has 2 N–H and O–H groups in total. The van der Waals surface area contributed by atoms with Crippen LogP contribution in [0.25, 0.3) is 5.69 Å². The molecule has 0 aliphatic heterocycles. The van der Waals surface area contributed by atoms with E-state index in [2.05, 4.69) is 10.4 Å². The van der Waals surface area contributed by atoms with Gasteiger partial charge in [0.1, 0.15) is 11.7 Å². The number of aliphatic carboxylic acids is 1. The monoisotopic (exact) mass is 331 g/mol. The molecule has 1 aliphatic rings. The molecule has 0 saturated heterocycles. The second-order valence-electron chi connectivity index (χ2n) is 5.92. The molecule has 3 rings (SSSR count). The molecular weight excluding hydrogens is 313 g/mol. The van der Waals surface area contributed by atoms with E-state index in [4.69, 9.17) is 5.11 Å². The number of nitrogens with one attached hydrogen (secondary N) is 1. The SMILES string of the molecule is O=C(O)C(C(=O)NCCc1ccn(-c2ccc(F)cc2)n1)C1CC1. The number of hydrogen-bond donors (Lipinski definition) is 2. The maximum Gasteiger partial charge on any atom is 0.316 e. The maximum absolute atomic E-state index is 12.9. The van der Waals surface area contributed by atoms with E-state index in [1.807, 2.05) is 6.07 Å². The lowest BCUT2D eigenvalue weighted by molar-refractivity contribution is -0.147. The molecule has 6 nitrogen and oxygen atoms in total. The van der Waals surface area contributed by atoms with E-state index in [-0.39, 0.29) is 11.7 Å². The standard InChI is InChI=1S/C17H18FN3O3/c18-12-3-5-14(6-4-12)21-10-8-13(20-21)7-9-19-16(22)15(17(23)24)11-1-2-11/h3-6,8,10-11,15H,1-2,7,9H2,(H,19,22)(H,23,24). The van der Waals surface area contributed by atoms with E-state index < -0.39 is 17.8 Å². The average Bonchev–Trinajstić information content (AvgIpc) is 3.25. The van der Waals surface area contributed by atoms with E-state index in [9.17, 15) is 14.0 Å². The Bertz CT molecular complexity index is 738. The molecule has 1 fully saturated rings. The number of amides is 1. The molecule has 0 bridgehead atoms. The molecule has 7 heteroatoms. The van der Waals surface area contributed by atoms with E-state index in [0.29, 0.717) is 13.0 Å². The summed E-state index contributed by atoms with van der Waals surface area (Å²) in [4.78, 5) is 23.1. The molecular formula is C17H18FN3O3. The molecule has 126 valence electrons. The van der Waals surface area contributed by atoms with Crippen LogP contribution in [0.5, 0.6) is 0 Å². The van der Waals surface area contributed by atoms with Gasteiger partial charge in [0.2, 0.25) is 5.91 Å². The number of carboxylic acids is 1. The molecule has 1 heterocycles. The van der Waals surface area contributed by atoms with Crippen molar-refractivity contribution in [2.24, 2.45) is 11.8 Å². The van der Waals surface area contributed by atoms with Gasteiger partial charge in [-0.05, 0) is 49.1 Å². The Labute approximate surface area is 138 Å². The third-order valence-electron chi connectivity index (χ3n) is 4.06. The minimum absolute atomic E-state index is 0.0276. The minimum Gasteiger partial charge on any atom is -0.481 e. The van der Waals surface area contributed by atoms with Gasteiger partial charge in [-0.2, -0.15) is 5.10 Å². The van der Waals surface area contributed by atoms with E-state index in [1.165, 1.54) is 12.1 Å². The third-order valence-corrected chi connectivity index (χ3v) is 4.06. The first-order valence-corrected chi connectivity index (χ1v) is 7.85. The number of benzene rings is 1. The molecule has 2 aromatic rings. The van der Waals surface area contributed by atoms with Gasteiger partial charge in [0.15, 0.2) is 0 Å². The topological polar surface area (TPSA) is 84.2 Å². The van der Waals surface area contributed by atoms with E-state index in [1.54, 1.807) is 23.0 Å². The lowest BCUT2D eigenvalue weighted by Gasteiger charge is -2.11. The Morgan fingerprint density at radius 2 is 2.00 bits per heavy atom. The lowest BCUT2D eigenvalue weighted by atomic mass is 10.0. The van der Waals surface area contributed by atoms with Crippen LogP contribution in [0.2, 0.25) is 0 Å². The van der Waals surface area contributed by atoms with Gasteiger partial charge in [-0.15, -0.1) is 0 Å². The molecule has 24 heavy (non-hydrogen) atoms. The van der Waals surface area contributed by atoms with Gasteiger partial charge < -0.3 is 10.4 Å². The number of rotatable bonds is 7. The highest BCUT2D eigenvalue weighted by atomic mass is 19.1. The predicted molar refractivity (Wildman–Crippen MR) is 84.1 cm³/mol. The number of carboxylic acid groups (broad SMARTS) is 1. The van der Waals surface area contributed by atoms with Crippen LogP contribution >= 0.6 is 0 Å². The first-order chi connectivity index (χ1) is 11.5. The van der Waals surface area contributed by atoms with Gasteiger partial charge in [0.05, 0.1) is 11.4 Å². The van der Waals surface area contributed by atoms with Crippen LogP contribution in [0.15, 0.2) is 36.5 Å². The summed E-state index contributed by atoms with van der Waals surface area (Å²) in [5.74, 6) is -2.77. The molecule has 1 amide bonds. The van der Waals surface area contributed by atoms with Crippen molar-refractivity contribution in [1.82, 2.24) is 15.1 Å². The van der Waals surface area contributed by atoms with Gasteiger partial charge in [0.25, 0.3) is 0 Å². The molecule has 1 aromatic carbocycles. The Balaban J connectivity index is 1.53. The van der Waals surface area contributed by atoms with Gasteiger partial charge >= 0.3 is 5.97 Å². The molecule has 1 atom stereocenters. The Morgan fingerprint density at radius 1 is 1.29 bits per heavy atom. The first-order valence-electron chi connectivity index (χ1n) is 7.85. The number of hydrogen-bond acceptors (Lipinski definition) is 3.